The van der Waals surface area contributed by atoms with Gasteiger partial charge in [-0.1, -0.05) is 17.7 Å². The first-order valence-electron chi connectivity index (χ1n) is 9.05. The van der Waals surface area contributed by atoms with E-state index in [4.69, 9.17) is 16.3 Å². The molecule has 11 heteroatoms. The van der Waals surface area contributed by atoms with Crippen LogP contribution in [0.5, 0.6) is 5.75 Å². The van der Waals surface area contributed by atoms with Crippen LogP contribution in [0.3, 0.4) is 0 Å². The van der Waals surface area contributed by atoms with E-state index in [1.54, 1.807) is 0 Å². The molecular formula is C20H18ClF3N2O4S. The number of rotatable bonds is 6. The molecule has 0 radical (unpaired) electrons. The number of nitrogens with zero attached hydrogens (tertiary/aromatic N) is 1. The first-order chi connectivity index (χ1) is 14.6. The highest BCUT2D eigenvalue weighted by Gasteiger charge is 2.39. The highest BCUT2D eigenvalue weighted by Crippen LogP contribution is 2.33. The molecule has 1 heterocycles. The van der Waals surface area contributed by atoms with Crippen LogP contribution in [-0.2, 0) is 21.4 Å². The largest absolute Gasteiger partial charge is 0.495 e. The Morgan fingerprint density at radius 1 is 1.19 bits per heavy atom. The van der Waals surface area contributed by atoms with Crippen molar-refractivity contribution in [1.82, 2.24) is 9.62 Å². The Hall–Kier alpha value is -2.56. The maximum atomic E-state index is 14.0. The van der Waals surface area contributed by atoms with E-state index >= 15 is 0 Å². The lowest BCUT2D eigenvalue weighted by molar-refractivity contribution is -0.125. The molecule has 1 amide bonds. The summed E-state index contributed by atoms with van der Waals surface area (Å²) in [6, 6.07) is 5.79. The van der Waals surface area contributed by atoms with Crippen LogP contribution in [0.4, 0.5) is 13.2 Å². The van der Waals surface area contributed by atoms with Gasteiger partial charge in [-0.15, -0.1) is 0 Å². The Morgan fingerprint density at radius 3 is 2.61 bits per heavy atom. The first-order valence-corrected chi connectivity index (χ1v) is 10.9. The minimum absolute atomic E-state index is 0.0136. The van der Waals surface area contributed by atoms with Crippen LogP contribution in [-0.4, -0.2) is 38.3 Å². The van der Waals surface area contributed by atoms with E-state index in [1.807, 2.05) is 0 Å². The SMILES string of the molecule is COc1ccc(Cl)cc1S(=O)(=O)N1CC(F)=CCC1C(=O)NCc1ccc(F)c(F)c1. The summed E-state index contributed by atoms with van der Waals surface area (Å²) in [4.78, 5) is 12.4. The van der Waals surface area contributed by atoms with Crippen molar-refractivity contribution >= 4 is 27.5 Å². The van der Waals surface area contributed by atoms with Crippen LogP contribution in [0.2, 0.25) is 5.02 Å². The fourth-order valence-electron chi connectivity index (χ4n) is 3.11. The molecule has 1 aliphatic heterocycles. The number of hydrogen-bond acceptors (Lipinski definition) is 4. The summed E-state index contributed by atoms with van der Waals surface area (Å²) < 4.78 is 72.7. The number of amides is 1. The number of ether oxygens (including phenoxy) is 1. The molecule has 0 aromatic heterocycles. The second kappa shape index (κ2) is 9.29. The summed E-state index contributed by atoms with van der Waals surface area (Å²) in [6.45, 7) is -0.825. The number of nitrogens with one attached hydrogen (secondary N) is 1. The Morgan fingerprint density at radius 2 is 1.94 bits per heavy atom. The molecule has 0 saturated carbocycles. The highest BCUT2D eigenvalue weighted by atomic mass is 35.5. The van der Waals surface area contributed by atoms with Gasteiger partial charge in [-0.2, -0.15) is 4.31 Å². The number of hydrogen-bond donors (Lipinski definition) is 1. The average molecular weight is 475 g/mol. The fraction of sp³-hybridized carbons (Fsp3) is 0.250. The molecule has 0 fully saturated rings. The lowest BCUT2D eigenvalue weighted by atomic mass is 10.1. The summed E-state index contributed by atoms with van der Waals surface area (Å²) >= 11 is 5.93. The molecule has 1 unspecified atom stereocenters. The van der Waals surface area contributed by atoms with E-state index in [0.717, 1.165) is 28.6 Å². The van der Waals surface area contributed by atoms with E-state index < -0.39 is 46.0 Å². The van der Waals surface area contributed by atoms with Crippen LogP contribution < -0.4 is 10.1 Å². The number of benzene rings is 2. The van der Waals surface area contributed by atoms with Crippen LogP contribution in [0.15, 0.2) is 53.2 Å². The van der Waals surface area contributed by atoms with Gasteiger partial charge in [0.15, 0.2) is 11.6 Å². The van der Waals surface area contributed by atoms with E-state index in [-0.39, 0.29) is 34.2 Å². The lowest BCUT2D eigenvalue weighted by Crippen LogP contribution is -2.51. The van der Waals surface area contributed by atoms with Crippen molar-refractivity contribution in [2.45, 2.75) is 23.9 Å². The molecule has 0 bridgehead atoms. The standard InChI is InChI=1S/C20H18ClF3N2O4S/c1-30-18-7-3-13(21)9-19(18)31(28,29)26-11-14(22)4-6-17(26)20(27)25-10-12-2-5-15(23)16(24)8-12/h2-5,7-9,17H,6,10-11H2,1H3,(H,25,27). The predicted molar refractivity (Wildman–Crippen MR) is 108 cm³/mol. The summed E-state index contributed by atoms with van der Waals surface area (Å²) in [7, 11) is -3.11. The third kappa shape index (κ3) is 5.03. The van der Waals surface area contributed by atoms with E-state index in [1.165, 1.54) is 25.3 Å². The Labute approximate surface area is 182 Å². The molecule has 6 nitrogen and oxygen atoms in total. The van der Waals surface area contributed by atoms with Crippen LogP contribution in [0.1, 0.15) is 12.0 Å². The second-order valence-electron chi connectivity index (χ2n) is 6.71. The summed E-state index contributed by atoms with van der Waals surface area (Å²) in [6.07, 6.45) is 0.917. The Bertz CT molecular complexity index is 1140. The average Bonchev–Trinajstić information content (AvgIpc) is 2.74. The Kier molecular flexibility index (Phi) is 6.93. The van der Waals surface area contributed by atoms with Gasteiger partial charge in [-0.25, -0.2) is 21.6 Å². The first kappa shape index (κ1) is 23.1. The van der Waals surface area contributed by atoms with Gasteiger partial charge in [-0.3, -0.25) is 4.79 Å². The lowest BCUT2D eigenvalue weighted by Gasteiger charge is -2.32. The molecular weight excluding hydrogens is 457 g/mol. The Balaban J connectivity index is 1.87. The van der Waals surface area contributed by atoms with Crippen LogP contribution in [0, 0.1) is 11.6 Å². The molecule has 1 N–H and O–H groups in total. The van der Waals surface area contributed by atoms with Gasteiger partial charge in [-0.05, 0) is 48.4 Å². The zero-order valence-electron chi connectivity index (χ0n) is 16.2. The van der Waals surface area contributed by atoms with Crippen LogP contribution >= 0.6 is 11.6 Å². The molecule has 0 aliphatic carbocycles. The van der Waals surface area contributed by atoms with Gasteiger partial charge in [0, 0.05) is 11.6 Å². The number of halogens is 4. The van der Waals surface area contributed by atoms with E-state index in [0.29, 0.717) is 0 Å². The van der Waals surface area contributed by atoms with Gasteiger partial charge >= 0.3 is 0 Å². The summed E-state index contributed by atoms with van der Waals surface area (Å²) in [5.74, 6) is -3.56. The van der Waals surface area contributed by atoms with Gasteiger partial charge in [0.2, 0.25) is 15.9 Å². The van der Waals surface area contributed by atoms with Crippen molar-refractivity contribution < 1.29 is 31.1 Å². The number of methoxy groups -OCH3 is 1. The van der Waals surface area contributed by atoms with Gasteiger partial charge < -0.3 is 10.1 Å². The molecule has 0 saturated heterocycles. The van der Waals surface area contributed by atoms with E-state index in [2.05, 4.69) is 5.32 Å². The third-order valence-corrected chi connectivity index (χ3v) is 6.79. The predicted octanol–water partition coefficient (Wildman–Crippen LogP) is 3.56. The smallest absolute Gasteiger partial charge is 0.247 e. The van der Waals surface area contributed by atoms with Crippen molar-refractivity contribution in [3.05, 3.63) is 70.5 Å². The minimum Gasteiger partial charge on any atom is -0.495 e. The van der Waals surface area contributed by atoms with Crippen molar-refractivity contribution in [2.24, 2.45) is 0 Å². The molecule has 2 aromatic rings. The number of sulfonamides is 1. The quantitative estimate of drug-likeness (QED) is 0.694. The molecule has 31 heavy (non-hydrogen) atoms. The molecule has 3 rings (SSSR count). The van der Waals surface area contributed by atoms with Gasteiger partial charge in [0.25, 0.3) is 0 Å². The zero-order valence-corrected chi connectivity index (χ0v) is 17.8. The van der Waals surface area contributed by atoms with Crippen molar-refractivity contribution in [2.75, 3.05) is 13.7 Å². The molecule has 1 atom stereocenters. The highest BCUT2D eigenvalue weighted by molar-refractivity contribution is 7.89. The topological polar surface area (TPSA) is 75.7 Å². The number of carbonyl (C=O) groups excluding carboxylic acids is 1. The maximum Gasteiger partial charge on any atom is 0.247 e. The van der Waals surface area contributed by atoms with E-state index in [9.17, 15) is 26.4 Å². The molecule has 166 valence electrons. The summed E-state index contributed by atoms with van der Waals surface area (Å²) in [5.41, 5.74) is 0.274. The van der Waals surface area contributed by atoms with Crippen LogP contribution in [0.25, 0.3) is 0 Å². The maximum absolute atomic E-state index is 14.0. The van der Waals surface area contributed by atoms with Crippen molar-refractivity contribution in [1.29, 1.82) is 0 Å². The third-order valence-electron chi connectivity index (χ3n) is 4.68. The fourth-order valence-corrected chi connectivity index (χ4v) is 5.09. The molecule has 1 aliphatic rings. The zero-order chi connectivity index (χ0) is 22.8. The van der Waals surface area contributed by atoms with Gasteiger partial charge in [0.05, 0.1) is 13.7 Å². The summed E-state index contributed by atoms with van der Waals surface area (Å²) in [5, 5.41) is 2.60. The minimum atomic E-state index is -4.38. The van der Waals surface area contributed by atoms with Gasteiger partial charge in [0.1, 0.15) is 22.5 Å². The second-order valence-corrected chi connectivity index (χ2v) is 9.01. The van der Waals surface area contributed by atoms with Crippen molar-refractivity contribution in [3.8, 4) is 5.75 Å². The van der Waals surface area contributed by atoms with Crippen molar-refractivity contribution in [3.63, 3.8) is 0 Å². The normalized spacial score (nSPS) is 17.2. The molecule has 0 spiro atoms. The number of carbonyl (C=O) groups is 1. The monoisotopic (exact) mass is 474 g/mol. The molecule has 2 aromatic carbocycles.